The molecule has 1 aromatic heterocycles. The molecular weight excluding hydrogens is 386 g/mol. The van der Waals surface area contributed by atoms with E-state index >= 15 is 0 Å². The maximum atomic E-state index is 12.6. The summed E-state index contributed by atoms with van der Waals surface area (Å²) in [6.07, 6.45) is 0. The van der Waals surface area contributed by atoms with Crippen molar-refractivity contribution >= 4 is 5.91 Å². The van der Waals surface area contributed by atoms with Crippen LogP contribution < -0.4 is 24.3 Å². The minimum absolute atomic E-state index is 0.174. The van der Waals surface area contributed by atoms with Crippen LogP contribution in [0.3, 0.4) is 0 Å². The fraction of sp³-hybridized carbons (Fsp3) is 0.261. The molecule has 158 valence electrons. The lowest BCUT2D eigenvalue weighted by molar-refractivity contribution is 0.0907. The summed E-state index contributed by atoms with van der Waals surface area (Å²) in [6.45, 7) is 2.04. The number of methoxy groups -OCH3 is 3. The summed E-state index contributed by atoms with van der Waals surface area (Å²) in [7, 11) is 4.75. The van der Waals surface area contributed by atoms with Gasteiger partial charge in [-0.1, -0.05) is 12.1 Å². The summed E-state index contributed by atoms with van der Waals surface area (Å²) in [5.41, 5.74) is 0.802. The van der Waals surface area contributed by atoms with E-state index in [0.29, 0.717) is 28.8 Å². The Morgan fingerprint density at radius 1 is 0.933 bits per heavy atom. The van der Waals surface area contributed by atoms with Crippen LogP contribution in [0.25, 0.3) is 0 Å². The lowest BCUT2D eigenvalue weighted by Gasteiger charge is -2.17. The highest BCUT2D eigenvalue weighted by molar-refractivity contribution is 5.91. The monoisotopic (exact) mass is 411 g/mol. The van der Waals surface area contributed by atoms with Crippen LogP contribution in [0.1, 0.15) is 34.8 Å². The number of amides is 1. The molecule has 1 N–H and O–H groups in total. The van der Waals surface area contributed by atoms with Crippen molar-refractivity contribution in [2.75, 3.05) is 21.3 Å². The summed E-state index contributed by atoms with van der Waals surface area (Å²) < 4.78 is 27.3. The standard InChI is InChI=1S/C23H25NO6/c1-15(18-13-16(26-2)9-11-19(18)27-3)24-23(25)22-12-10-17(30-22)14-29-21-8-6-5-7-20(21)28-4/h5-13,15H,14H2,1-4H3,(H,24,25). The van der Waals surface area contributed by atoms with Gasteiger partial charge in [0, 0.05) is 5.56 Å². The molecule has 7 heteroatoms. The Kier molecular flexibility index (Phi) is 6.85. The highest BCUT2D eigenvalue weighted by Crippen LogP contribution is 2.30. The quantitative estimate of drug-likeness (QED) is 0.563. The normalized spacial score (nSPS) is 11.5. The van der Waals surface area contributed by atoms with Gasteiger partial charge in [0.2, 0.25) is 0 Å². The Balaban J connectivity index is 1.65. The lowest BCUT2D eigenvalue weighted by atomic mass is 10.1. The minimum atomic E-state index is -0.337. The van der Waals surface area contributed by atoms with E-state index in [1.807, 2.05) is 31.2 Å². The van der Waals surface area contributed by atoms with Crippen molar-refractivity contribution in [2.45, 2.75) is 19.6 Å². The van der Waals surface area contributed by atoms with Crippen molar-refractivity contribution in [1.82, 2.24) is 5.32 Å². The molecule has 1 heterocycles. The van der Waals surface area contributed by atoms with Crippen LogP contribution in [0, 0.1) is 0 Å². The van der Waals surface area contributed by atoms with E-state index in [1.165, 1.54) is 0 Å². The number of benzene rings is 2. The molecule has 0 saturated carbocycles. The molecule has 3 aromatic rings. The van der Waals surface area contributed by atoms with Crippen molar-refractivity contribution < 1.29 is 28.2 Å². The Morgan fingerprint density at radius 3 is 2.37 bits per heavy atom. The van der Waals surface area contributed by atoms with E-state index in [0.717, 1.165) is 5.56 Å². The van der Waals surface area contributed by atoms with Gasteiger partial charge in [0.25, 0.3) is 5.91 Å². The van der Waals surface area contributed by atoms with Gasteiger partial charge in [0.1, 0.15) is 23.9 Å². The third kappa shape index (κ3) is 4.86. The van der Waals surface area contributed by atoms with Crippen LogP contribution in [0.5, 0.6) is 23.0 Å². The molecule has 0 aliphatic rings. The molecule has 0 spiro atoms. The number of ether oxygens (including phenoxy) is 4. The first-order chi connectivity index (χ1) is 14.5. The third-order valence-electron chi connectivity index (χ3n) is 4.58. The Morgan fingerprint density at radius 2 is 1.67 bits per heavy atom. The van der Waals surface area contributed by atoms with Gasteiger partial charge >= 0.3 is 0 Å². The zero-order valence-corrected chi connectivity index (χ0v) is 17.4. The van der Waals surface area contributed by atoms with Crippen LogP contribution >= 0.6 is 0 Å². The van der Waals surface area contributed by atoms with Crippen LogP contribution in [-0.2, 0) is 6.61 Å². The van der Waals surface area contributed by atoms with Gasteiger partial charge in [-0.15, -0.1) is 0 Å². The van der Waals surface area contributed by atoms with E-state index in [-0.39, 0.29) is 24.3 Å². The topological polar surface area (TPSA) is 79.2 Å². The van der Waals surface area contributed by atoms with Crippen molar-refractivity contribution in [3.05, 3.63) is 71.7 Å². The Labute approximate surface area is 175 Å². The summed E-state index contributed by atoms with van der Waals surface area (Å²) in [5.74, 6) is 2.95. The molecule has 0 fully saturated rings. The van der Waals surface area contributed by atoms with E-state index in [2.05, 4.69) is 5.32 Å². The van der Waals surface area contributed by atoms with E-state index in [9.17, 15) is 4.79 Å². The minimum Gasteiger partial charge on any atom is -0.497 e. The molecule has 30 heavy (non-hydrogen) atoms. The molecule has 0 bridgehead atoms. The summed E-state index contributed by atoms with van der Waals surface area (Å²) >= 11 is 0. The van der Waals surface area contributed by atoms with Crippen LogP contribution in [-0.4, -0.2) is 27.2 Å². The van der Waals surface area contributed by atoms with Gasteiger partial charge in [-0.3, -0.25) is 4.79 Å². The zero-order valence-electron chi connectivity index (χ0n) is 17.4. The number of rotatable bonds is 9. The first-order valence-corrected chi connectivity index (χ1v) is 9.43. The first-order valence-electron chi connectivity index (χ1n) is 9.43. The van der Waals surface area contributed by atoms with Crippen molar-refractivity contribution in [3.63, 3.8) is 0 Å². The highest BCUT2D eigenvalue weighted by Gasteiger charge is 2.18. The van der Waals surface area contributed by atoms with Gasteiger partial charge < -0.3 is 28.7 Å². The fourth-order valence-electron chi connectivity index (χ4n) is 2.99. The number of nitrogens with one attached hydrogen (secondary N) is 1. The molecule has 0 aliphatic heterocycles. The SMILES string of the molecule is COc1ccc(OC)c(C(C)NC(=O)c2ccc(COc3ccccc3OC)o2)c1. The van der Waals surface area contributed by atoms with Crippen molar-refractivity contribution in [1.29, 1.82) is 0 Å². The molecule has 0 aliphatic carbocycles. The van der Waals surface area contributed by atoms with Crippen LogP contribution in [0.15, 0.2) is 59.0 Å². The first kappa shape index (κ1) is 21.1. The van der Waals surface area contributed by atoms with Gasteiger partial charge in [0.15, 0.2) is 17.3 Å². The maximum absolute atomic E-state index is 12.6. The van der Waals surface area contributed by atoms with Crippen LogP contribution in [0.2, 0.25) is 0 Å². The summed E-state index contributed by atoms with van der Waals surface area (Å²) in [6, 6.07) is 15.8. The van der Waals surface area contributed by atoms with E-state index in [1.54, 1.807) is 51.7 Å². The van der Waals surface area contributed by atoms with E-state index < -0.39 is 0 Å². The number of carbonyl (C=O) groups excluding carboxylic acids is 1. The second-order valence-corrected chi connectivity index (χ2v) is 6.51. The van der Waals surface area contributed by atoms with Gasteiger partial charge in [-0.2, -0.15) is 0 Å². The molecule has 1 unspecified atom stereocenters. The smallest absolute Gasteiger partial charge is 0.287 e. The molecular formula is C23H25NO6. The Hall–Kier alpha value is -3.61. The summed E-state index contributed by atoms with van der Waals surface area (Å²) in [5, 5.41) is 2.91. The molecule has 0 saturated heterocycles. The average Bonchev–Trinajstić information content (AvgIpc) is 3.26. The number of para-hydroxylation sites is 2. The highest BCUT2D eigenvalue weighted by atomic mass is 16.5. The molecule has 2 aromatic carbocycles. The molecule has 0 radical (unpaired) electrons. The molecule has 3 rings (SSSR count). The van der Waals surface area contributed by atoms with Gasteiger partial charge in [-0.05, 0) is 49.4 Å². The number of hydrogen-bond acceptors (Lipinski definition) is 6. The summed E-state index contributed by atoms with van der Waals surface area (Å²) in [4.78, 5) is 12.6. The fourth-order valence-corrected chi connectivity index (χ4v) is 2.99. The number of carbonyl (C=O) groups is 1. The predicted molar refractivity (Wildman–Crippen MR) is 111 cm³/mol. The van der Waals surface area contributed by atoms with E-state index in [4.69, 9.17) is 23.4 Å². The average molecular weight is 411 g/mol. The Bertz CT molecular complexity index is 997. The molecule has 1 amide bonds. The zero-order chi connectivity index (χ0) is 21.5. The largest absolute Gasteiger partial charge is 0.497 e. The number of hydrogen-bond donors (Lipinski definition) is 1. The van der Waals surface area contributed by atoms with Crippen molar-refractivity contribution in [2.24, 2.45) is 0 Å². The maximum Gasteiger partial charge on any atom is 0.287 e. The number of furan rings is 1. The second kappa shape index (κ2) is 9.73. The van der Waals surface area contributed by atoms with Crippen LogP contribution in [0.4, 0.5) is 0 Å². The lowest BCUT2D eigenvalue weighted by Crippen LogP contribution is -2.26. The van der Waals surface area contributed by atoms with Crippen molar-refractivity contribution in [3.8, 4) is 23.0 Å². The van der Waals surface area contributed by atoms with Gasteiger partial charge in [0.05, 0.1) is 27.4 Å². The molecule has 1 atom stereocenters. The second-order valence-electron chi connectivity index (χ2n) is 6.51. The van der Waals surface area contributed by atoms with Gasteiger partial charge in [-0.25, -0.2) is 0 Å². The predicted octanol–water partition coefficient (Wildman–Crippen LogP) is 4.38. The third-order valence-corrected chi connectivity index (χ3v) is 4.58. The molecule has 7 nitrogen and oxygen atoms in total.